The lowest BCUT2D eigenvalue weighted by molar-refractivity contribution is -0.129. The fourth-order valence-electron chi connectivity index (χ4n) is 4.50. The van der Waals surface area contributed by atoms with Gasteiger partial charge in [0.25, 0.3) is 0 Å². The van der Waals surface area contributed by atoms with E-state index < -0.39 is 23.8 Å². The average molecular weight is 432 g/mol. The number of carbonyl (C=O) groups is 3. The second kappa shape index (κ2) is 9.64. The Balaban J connectivity index is 1.56. The summed E-state index contributed by atoms with van der Waals surface area (Å²) in [5.74, 6) is -0.674. The topological polar surface area (TPSA) is 99.8 Å². The van der Waals surface area contributed by atoms with Crippen molar-refractivity contribution in [1.82, 2.24) is 20.9 Å². The maximum absolute atomic E-state index is 14.2. The number of nitrogens with one attached hydrogen (secondary N) is 3. The SMILES string of the molecule is O=C1N[C@H](C[C@@H]2NCCNC2=O)Cc2cc(F)cc(c2)OCCCCN2CC1CC2=O. The van der Waals surface area contributed by atoms with Crippen LogP contribution in [0.4, 0.5) is 4.39 Å². The molecule has 0 aliphatic carbocycles. The molecule has 0 spiro atoms. The van der Waals surface area contributed by atoms with E-state index in [9.17, 15) is 18.8 Å². The van der Waals surface area contributed by atoms with E-state index in [4.69, 9.17) is 4.74 Å². The maximum atomic E-state index is 14.2. The van der Waals surface area contributed by atoms with Crippen LogP contribution in [0.5, 0.6) is 5.75 Å². The molecule has 9 heteroatoms. The Bertz CT molecular complexity index is 849. The summed E-state index contributed by atoms with van der Waals surface area (Å²) < 4.78 is 19.9. The first-order chi connectivity index (χ1) is 15.0. The quantitative estimate of drug-likeness (QED) is 0.627. The number of hydrogen-bond donors (Lipinski definition) is 3. The predicted molar refractivity (Wildman–Crippen MR) is 111 cm³/mol. The number of piperazine rings is 1. The van der Waals surface area contributed by atoms with Gasteiger partial charge in [0.05, 0.1) is 18.6 Å². The van der Waals surface area contributed by atoms with Crippen LogP contribution in [0.15, 0.2) is 18.2 Å². The summed E-state index contributed by atoms with van der Waals surface area (Å²) in [6.45, 7) is 2.64. The molecule has 3 amide bonds. The van der Waals surface area contributed by atoms with Gasteiger partial charge >= 0.3 is 0 Å². The standard InChI is InChI=1S/C22H29FN4O4/c23-16-7-14-8-17(12-19-22(30)25-4-3-24-19)26-21(29)15-10-20(28)27(13-15)5-1-2-6-31-18(9-14)11-16/h7,9,11,15,17,19,24H,1-6,8,10,12-13H2,(H,25,30)(H,26,29)/t15?,17-,19-/m0/s1. The zero-order chi connectivity index (χ0) is 21.8. The molecule has 3 heterocycles. The minimum absolute atomic E-state index is 0.00896. The Hall–Kier alpha value is -2.68. The van der Waals surface area contributed by atoms with Crippen LogP contribution in [0.2, 0.25) is 0 Å². The zero-order valence-electron chi connectivity index (χ0n) is 17.5. The maximum Gasteiger partial charge on any atom is 0.237 e. The van der Waals surface area contributed by atoms with E-state index in [2.05, 4.69) is 16.0 Å². The number of nitrogens with zero attached hydrogens (tertiary/aromatic N) is 1. The molecule has 1 aromatic carbocycles. The van der Waals surface area contributed by atoms with Crippen molar-refractivity contribution in [2.45, 2.75) is 44.2 Å². The van der Waals surface area contributed by atoms with Crippen LogP contribution in [0.25, 0.3) is 0 Å². The summed E-state index contributed by atoms with van der Waals surface area (Å²) in [7, 11) is 0. The molecular formula is C22H29FN4O4. The van der Waals surface area contributed by atoms with Gasteiger partial charge in [-0.3, -0.25) is 14.4 Å². The molecule has 8 nitrogen and oxygen atoms in total. The van der Waals surface area contributed by atoms with Crippen LogP contribution in [0, 0.1) is 11.7 Å². The molecule has 3 aliphatic heterocycles. The molecule has 2 fully saturated rings. The third kappa shape index (κ3) is 5.52. The Morgan fingerprint density at radius 2 is 1.94 bits per heavy atom. The first-order valence-electron chi connectivity index (χ1n) is 11.0. The molecule has 4 rings (SSSR count). The minimum atomic E-state index is -0.438. The lowest BCUT2D eigenvalue weighted by Gasteiger charge is -2.28. The number of halogens is 1. The van der Waals surface area contributed by atoms with Crippen molar-refractivity contribution >= 4 is 17.7 Å². The molecule has 4 bridgehead atoms. The van der Waals surface area contributed by atoms with Crippen LogP contribution < -0.4 is 20.7 Å². The first-order valence-corrected chi connectivity index (χ1v) is 11.0. The highest BCUT2D eigenvalue weighted by Gasteiger charge is 2.35. The zero-order valence-corrected chi connectivity index (χ0v) is 17.5. The molecule has 1 aromatic rings. The fraction of sp³-hybridized carbons (Fsp3) is 0.591. The fourth-order valence-corrected chi connectivity index (χ4v) is 4.50. The van der Waals surface area contributed by atoms with Gasteiger partial charge in [-0.2, -0.15) is 0 Å². The monoisotopic (exact) mass is 432 g/mol. The van der Waals surface area contributed by atoms with E-state index in [1.165, 1.54) is 12.1 Å². The number of rotatable bonds is 2. The van der Waals surface area contributed by atoms with Crippen molar-refractivity contribution in [2.75, 3.05) is 32.8 Å². The highest BCUT2D eigenvalue weighted by molar-refractivity contribution is 5.89. The number of benzene rings is 1. The lowest BCUT2D eigenvalue weighted by Crippen LogP contribution is -2.55. The van der Waals surface area contributed by atoms with Crippen molar-refractivity contribution in [1.29, 1.82) is 0 Å². The molecule has 2 saturated heterocycles. The first kappa shape index (κ1) is 21.5. The molecule has 3 atom stereocenters. The van der Waals surface area contributed by atoms with Gasteiger partial charge in [-0.05, 0) is 43.4 Å². The number of carbonyl (C=O) groups excluding carboxylic acids is 3. The normalized spacial score (nSPS) is 27.6. The van der Waals surface area contributed by atoms with E-state index in [0.717, 1.165) is 12.8 Å². The van der Waals surface area contributed by atoms with Gasteiger partial charge in [0, 0.05) is 44.7 Å². The second-order valence-electron chi connectivity index (χ2n) is 8.53. The Labute approximate surface area is 180 Å². The third-order valence-electron chi connectivity index (χ3n) is 6.09. The van der Waals surface area contributed by atoms with Crippen LogP contribution in [-0.4, -0.2) is 67.5 Å². The highest BCUT2D eigenvalue weighted by Crippen LogP contribution is 2.22. The molecule has 1 unspecified atom stereocenters. The van der Waals surface area contributed by atoms with Crippen molar-refractivity contribution in [2.24, 2.45) is 5.92 Å². The molecule has 3 N–H and O–H groups in total. The van der Waals surface area contributed by atoms with E-state index in [-0.39, 0.29) is 24.1 Å². The van der Waals surface area contributed by atoms with Crippen LogP contribution in [0.3, 0.4) is 0 Å². The van der Waals surface area contributed by atoms with Crippen molar-refractivity contribution in [3.8, 4) is 5.75 Å². The van der Waals surface area contributed by atoms with Crippen molar-refractivity contribution < 1.29 is 23.5 Å². The molecule has 0 saturated carbocycles. The van der Waals surface area contributed by atoms with E-state index in [1.54, 1.807) is 11.0 Å². The van der Waals surface area contributed by atoms with Gasteiger partial charge in [-0.1, -0.05) is 0 Å². The van der Waals surface area contributed by atoms with Gasteiger partial charge in [0.1, 0.15) is 11.6 Å². The van der Waals surface area contributed by atoms with Gasteiger partial charge in [-0.15, -0.1) is 0 Å². The minimum Gasteiger partial charge on any atom is -0.493 e. The third-order valence-corrected chi connectivity index (χ3v) is 6.09. The summed E-state index contributed by atoms with van der Waals surface area (Å²) in [4.78, 5) is 39.2. The summed E-state index contributed by atoms with van der Waals surface area (Å²) in [5, 5.41) is 9.03. The number of amides is 3. The molecule has 168 valence electrons. The second-order valence-corrected chi connectivity index (χ2v) is 8.53. The summed E-state index contributed by atoms with van der Waals surface area (Å²) in [5.41, 5.74) is 0.690. The van der Waals surface area contributed by atoms with Gasteiger partial charge < -0.3 is 25.6 Å². The molecule has 0 aromatic heterocycles. The summed E-state index contributed by atoms with van der Waals surface area (Å²) >= 11 is 0. The largest absolute Gasteiger partial charge is 0.493 e. The van der Waals surface area contributed by atoms with E-state index in [1.807, 2.05) is 0 Å². The van der Waals surface area contributed by atoms with Crippen LogP contribution >= 0.6 is 0 Å². The predicted octanol–water partition coefficient (Wildman–Crippen LogP) is 0.352. The molecular weight excluding hydrogens is 403 g/mol. The van der Waals surface area contributed by atoms with Crippen molar-refractivity contribution in [3.05, 3.63) is 29.6 Å². The lowest BCUT2D eigenvalue weighted by atomic mass is 9.96. The van der Waals surface area contributed by atoms with Crippen LogP contribution in [-0.2, 0) is 20.8 Å². The summed E-state index contributed by atoms with van der Waals surface area (Å²) in [6.07, 6.45) is 2.41. The Morgan fingerprint density at radius 1 is 1.06 bits per heavy atom. The summed E-state index contributed by atoms with van der Waals surface area (Å²) in [6, 6.07) is 3.74. The average Bonchev–Trinajstić information content (AvgIpc) is 3.09. The number of hydrogen-bond acceptors (Lipinski definition) is 5. The Morgan fingerprint density at radius 3 is 2.77 bits per heavy atom. The molecule has 0 radical (unpaired) electrons. The Kier molecular flexibility index (Phi) is 6.70. The van der Waals surface area contributed by atoms with Gasteiger partial charge in [0.2, 0.25) is 17.7 Å². The highest BCUT2D eigenvalue weighted by atomic mass is 19.1. The number of ether oxygens (including phenoxy) is 1. The molecule has 31 heavy (non-hydrogen) atoms. The van der Waals surface area contributed by atoms with E-state index in [0.29, 0.717) is 56.9 Å². The van der Waals surface area contributed by atoms with Crippen molar-refractivity contribution in [3.63, 3.8) is 0 Å². The van der Waals surface area contributed by atoms with E-state index >= 15 is 0 Å². The van der Waals surface area contributed by atoms with Gasteiger partial charge in [0.15, 0.2) is 0 Å². The molecule has 3 aliphatic rings. The van der Waals surface area contributed by atoms with Gasteiger partial charge in [-0.25, -0.2) is 4.39 Å². The number of fused-ring (bicyclic) bond motifs is 4. The van der Waals surface area contributed by atoms with Crippen LogP contribution in [0.1, 0.15) is 31.2 Å². The smallest absolute Gasteiger partial charge is 0.237 e.